The molecule has 0 radical (unpaired) electrons. The number of hydrogen-bond acceptors (Lipinski definition) is 4. The Kier molecular flexibility index (Phi) is 4.96. The molecule has 4 nitrogen and oxygen atoms in total. The van der Waals surface area contributed by atoms with Gasteiger partial charge in [-0.25, -0.2) is 4.79 Å². The Labute approximate surface area is 117 Å². The number of carbonyl (C=O) groups is 1. The van der Waals surface area contributed by atoms with Crippen molar-refractivity contribution in [2.45, 2.75) is 24.5 Å². The molecule has 0 amide bonds. The van der Waals surface area contributed by atoms with Crippen molar-refractivity contribution in [2.75, 3.05) is 24.7 Å². The van der Waals surface area contributed by atoms with Gasteiger partial charge in [0.2, 0.25) is 0 Å². The van der Waals surface area contributed by atoms with Crippen molar-refractivity contribution >= 4 is 23.4 Å². The van der Waals surface area contributed by atoms with E-state index in [1.54, 1.807) is 25.3 Å². The molecule has 1 heterocycles. The van der Waals surface area contributed by atoms with Crippen LogP contribution in [0.3, 0.4) is 0 Å². The number of anilines is 1. The zero-order valence-electron chi connectivity index (χ0n) is 11.0. The lowest BCUT2D eigenvalue weighted by Gasteiger charge is -2.22. The van der Waals surface area contributed by atoms with Gasteiger partial charge in [0.05, 0.1) is 18.4 Å². The van der Waals surface area contributed by atoms with Crippen LogP contribution in [0.1, 0.15) is 29.6 Å². The van der Waals surface area contributed by atoms with Gasteiger partial charge in [-0.05, 0) is 30.7 Å². The molecule has 0 aromatic heterocycles. The molecule has 1 aromatic rings. The van der Waals surface area contributed by atoms with E-state index in [0.29, 0.717) is 22.3 Å². The molecule has 1 atom stereocenters. The summed E-state index contributed by atoms with van der Waals surface area (Å²) in [6, 6.07) is 5.00. The quantitative estimate of drug-likeness (QED) is 0.868. The molecule has 5 heteroatoms. The van der Waals surface area contributed by atoms with Crippen molar-refractivity contribution in [3.63, 3.8) is 0 Å². The third-order valence-electron chi connectivity index (χ3n) is 3.25. The fourth-order valence-corrected chi connectivity index (χ4v) is 3.41. The molecule has 1 unspecified atom stereocenters. The Bertz CT molecular complexity index is 444. The molecular weight excluding hydrogens is 262 g/mol. The lowest BCUT2D eigenvalue weighted by molar-refractivity contribution is 0.0698. The van der Waals surface area contributed by atoms with Crippen molar-refractivity contribution < 1.29 is 14.6 Å². The summed E-state index contributed by atoms with van der Waals surface area (Å²) in [7, 11) is 1.58. The Morgan fingerprint density at radius 1 is 1.53 bits per heavy atom. The Hall–Kier alpha value is -1.36. The average Bonchev–Trinajstić information content (AvgIpc) is 2.45. The third-order valence-corrected chi connectivity index (χ3v) is 4.65. The van der Waals surface area contributed by atoms with Gasteiger partial charge in [-0.3, -0.25) is 0 Å². The first kappa shape index (κ1) is 14.1. The van der Waals surface area contributed by atoms with Crippen molar-refractivity contribution in [3.05, 3.63) is 23.8 Å². The second kappa shape index (κ2) is 6.70. The minimum absolute atomic E-state index is 0.293. The summed E-state index contributed by atoms with van der Waals surface area (Å²) in [4.78, 5) is 11.2. The number of benzene rings is 1. The third kappa shape index (κ3) is 3.80. The predicted molar refractivity (Wildman–Crippen MR) is 78.5 cm³/mol. The molecule has 1 saturated heterocycles. The highest BCUT2D eigenvalue weighted by Crippen LogP contribution is 2.27. The van der Waals surface area contributed by atoms with Crippen LogP contribution in [0.4, 0.5) is 5.69 Å². The van der Waals surface area contributed by atoms with Gasteiger partial charge in [0.25, 0.3) is 0 Å². The van der Waals surface area contributed by atoms with Crippen molar-refractivity contribution in [2.24, 2.45) is 0 Å². The fraction of sp³-hybridized carbons (Fsp3) is 0.500. The largest absolute Gasteiger partial charge is 0.497 e. The average molecular weight is 281 g/mol. The van der Waals surface area contributed by atoms with E-state index in [0.717, 1.165) is 6.54 Å². The Morgan fingerprint density at radius 2 is 2.37 bits per heavy atom. The number of carboxylic acids is 1. The first-order valence-electron chi connectivity index (χ1n) is 6.47. The predicted octanol–water partition coefficient (Wildman–Crippen LogP) is 3.09. The van der Waals surface area contributed by atoms with Gasteiger partial charge in [0, 0.05) is 17.9 Å². The molecule has 104 valence electrons. The molecule has 0 bridgehead atoms. The normalized spacial score (nSPS) is 18.9. The topological polar surface area (TPSA) is 58.6 Å². The summed E-state index contributed by atoms with van der Waals surface area (Å²) in [5.74, 6) is 0.959. The first-order valence-corrected chi connectivity index (χ1v) is 7.52. The van der Waals surface area contributed by atoms with Gasteiger partial charge in [-0.1, -0.05) is 6.42 Å². The van der Waals surface area contributed by atoms with Crippen LogP contribution < -0.4 is 10.1 Å². The first-order chi connectivity index (χ1) is 9.20. The van der Waals surface area contributed by atoms with Crippen LogP contribution in [0.15, 0.2) is 18.2 Å². The van der Waals surface area contributed by atoms with Crippen LogP contribution in [0.5, 0.6) is 5.75 Å². The highest BCUT2D eigenvalue weighted by molar-refractivity contribution is 7.99. The summed E-state index contributed by atoms with van der Waals surface area (Å²) in [6.07, 6.45) is 3.76. The molecule has 2 N–H and O–H groups in total. The maximum Gasteiger partial charge on any atom is 0.337 e. The fourth-order valence-electron chi connectivity index (χ4n) is 2.18. The van der Waals surface area contributed by atoms with E-state index in [1.165, 1.54) is 25.0 Å². The molecule has 1 fully saturated rings. The van der Waals surface area contributed by atoms with Crippen LogP contribution in [0, 0.1) is 0 Å². The van der Waals surface area contributed by atoms with Crippen molar-refractivity contribution in [3.8, 4) is 5.75 Å². The van der Waals surface area contributed by atoms with E-state index < -0.39 is 5.97 Å². The molecule has 1 aliphatic heterocycles. The minimum Gasteiger partial charge on any atom is -0.497 e. The summed E-state index contributed by atoms with van der Waals surface area (Å²) >= 11 is 1.97. The second-order valence-electron chi connectivity index (χ2n) is 4.59. The molecule has 0 aliphatic carbocycles. The van der Waals surface area contributed by atoms with Gasteiger partial charge in [0.1, 0.15) is 5.75 Å². The van der Waals surface area contributed by atoms with Crippen molar-refractivity contribution in [1.82, 2.24) is 0 Å². The van der Waals surface area contributed by atoms with Gasteiger partial charge in [0.15, 0.2) is 0 Å². The number of methoxy groups -OCH3 is 1. The van der Waals surface area contributed by atoms with E-state index in [4.69, 9.17) is 4.74 Å². The summed E-state index contributed by atoms with van der Waals surface area (Å²) in [5, 5.41) is 13.0. The number of nitrogens with one attached hydrogen (secondary N) is 1. The number of thioether (sulfide) groups is 1. The zero-order valence-corrected chi connectivity index (χ0v) is 11.8. The maximum absolute atomic E-state index is 11.2. The summed E-state index contributed by atoms with van der Waals surface area (Å²) < 4.78 is 5.14. The van der Waals surface area contributed by atoms with Crippen molar-refractivity contribution in [1.29, 1.82) is 0 Å². The van der Waals surface area contributed by atoms with Crippen LogP contribution in [0.2, 0.25) is 0 Å². The molecule has 1 aromatic carbocycles. The minimum atomic E-state index is -0.915. The Morgan fingerprint density at radius 3 is 3.00 bits per heavy atom. The Balaban J connectivity index is 2.06. The molecule has 0 spiro atoms. The second-order valence-corrected chi connectivity index (χ2v) is 5.99. The number of hydrogen-bond donors (Lipinski definition) is 2. The van der Waals surface area contributed by atoms with Gasteiger partial charge >= 0.3 is 5.97 Å². The number of carboxylic acid groups (broad SMARTS) is 1. The smallest absolute Gasteiger partial charge is 0.337 e. The van der Waals surface area contributed by atoms with Gasteiger partial charge in [-0.2, -0.15) is 11.8 Å². The number of rotatable bonds is 5. The summed E-state index contributed by atoms with van der Waals surface area (Å²) in [6.45, 7) is 0.804. The SMILES string of the molecule is COc1ccc(C(=O)O)c(NCC2CCCCS2)c1. The highest BCUT2D eigenvalue weighted by atomic mass is 32.2. The van der Waals surface area contributed by atoms with Crippen LogP contribution in [0.25, 0.3) is 0 Å². The number of ether oxygens (including phenoxy) is 1. The lowest BCUT2D eigenvalue weighted by atomic mass is 10.1. The van der Waals surface area contributed by atoms with E-state index >= 15 is 0 Å². The van der Waals surface area contributed by atoms with Crippen LogP contribution in [-0.4, -0.2) is 35.7 Å². The van der Waals surface area contributed by atoms with Crippen LogP contribution in [-0.2, 0) is 0 Å². The monoisotopic (exact) mass is 281 g/mol. The van der Waals surface area contributed by atoms with Gasteiger partial charge in [-0.15, -0.1) is 0 Å². The molecule has 2 rings (SSSR count). The lowest BCUT2D eigenvalue weighted by Crippen LogP contribution is -2.21. The molecule has 19 heavy (non-hydrogen) atoms. The molecular formula is C14H19NO3S. The van der Waals surface area contributed by atoms with E-state index in [1.807, 2.05) is 11.8 Å². The molecule has 1 aliphatic rings. The standard InChI is InChI=1S/C14H19NO3S/c1-18-10-5-6-12(14(16)17)13(8-10)15-9-11-4-2-3-7-19-11/h5-6,8,11,15H,2-4,7,9H2,1H3,(H,16,17). The van der Waals surface area contributed by atoms with E-state index in [9.17, 15) is 9.90 Å². The summed E-state index contributed by atoms with van der Waals surface area (Å²) in [5.41, 5.74) is 0.930. The number of aromatic carboxylic acids is 1. The van der Waals surface area contributed by atoms with Gasteiger partial charge < -0.3 is 15.2 Å². The van der Waals surface area contributed by atoms with E-state index in [2.05, 4.69) is 5.32 Å². The zero-order chi connectivity index (χ0) is 13.7. The maximum atomic E-state index is 11.2. The van der Waals surface area contributed by atoms with E-state index in [-0.39, 0.29) is 0 Å². The van der Waals surface area contributed by atoms with Crippen LogP contribution >= 0.6 is 11.8 Å². The molecule has 0 saturated carbocycles. The highest BCUT2D eigenvalue weighted by Gasteiger charge is 2.16.